The molecular formula is C13H11NO. The van der Waals surface area contributed by atoms with E-state index in [-0.39, 0.29) is 0 Å². The first kappa shape index (κ1) is 9.59. The van der Waals surface area contributed by atoms with Crippen LogP contribution in [-0.4, -0.2) is 11.3 Å². The third-order valence-corrected chi connectivity index (χ3v) is 2.31. The van der Waals surface area contributed by atoms with Gasteiger partial charge in [-0.05, 0) is 29.7 Å². The molecule has 0 bridgehead atoms. The number of aldehydes is 1. The standard InChI is InChI=1S/C13H11NO/c15-10-11-2-1-3-12(5-4-11)13-6-8-14-9-7-13/h1-2,4-10H,3H2. The zero-order valence-electron chi connectivity index (χ0n) is 8.26. The van der Waals surface area contributed by atoms with E-state index in [4.69, 9.17) is 0 Å². The van der Waals surface area contributed by atoms with E-state index in [2.05, 4.69) is 4.98 Å². The largest absolute Gasteiger partial charge is 0.298 e. The van der Waals surface area contributed by atoms with Crippen molar-refractivity contribution in [1.82, 2.24) is 4.98 Å². The summed E-state index contributed by atoms with van der Waals surface area (Å²) in [6.45, 7) is 0. The van der Waals surface area contributed by atoms with E-state index in [1.54, 1.807) is 12.4 Å². The van der Waals surface area contributed by atoms with Crippen LogP contribution in [0.3, 0.4) is 0 Å². The number of hydrogen-bond acceptors (Lipinski definition) is 2. The molecule has 2 heteroatoms. The molecule has 0 spiro atoms. The van der Waals surface area contributed by atoms with Gasteiger partial charge in [-0.2, -0.15) is 0 Å². The first-order valence-corrected chi connectivity index (χ1v) is 4.83. The van der Waals surface area contributed by atoms with Gasteiger partial charge in [-0.1, -0.05) is 24.3 Å². The Morgan fingerprint density at radius 1 is 1.20 bits per heavy atom. The Labute approximate surface area is 88.7 Å². The minimum absolute atomic E-state index is 0.707. The topological polar surface area (TPSA) is 30.0 Å². The van der Waals surface area contributed by atoms with Crippen molar-refractivity contribution in [1.29, 1.82) is 0 Å². The van der Waals surface area contributed by atoms with E-state index in [1.807, 2.05) is 36.4 Å². The molecule has 0 saturated carbocycles. The summed E-state index contributed by atoms with van der Waals surface area (Å²) in [4.78, 5) is 14.6. The molecule has 0 amide bonds. The van der Waals surface area contributed by atoms with E-state index in [0.717, 1.165) is 18.3 Å². The summed E-state index contributed by atoms with van der Waals surface area (Å²) in [6.07, 6.45) is 12.9. The van der Waals surface area contributed by atoms with Crippen LogP contribution in [0, 0.1) is 0 Å². The smallest absolute Gasteiger partial charge is 0.150 e. The van der Waals surface area contributed by atoms with E-state index < -0.39 is 0 Å². The van der Waals surface area contributed by atoms with Crippen molar-refractivity contribution < 1.29 is 4.79 Å². The number of carbonyl (C=O) groups is 1. The molecule has 0 fully saturated rings. The molecule has 0 saturated heterocycles. The van der Waals surface area contributed by atoms with Crippen LogP contribution in [0.15, 0.2) is 54.4 Å². The summed E-state index contributed by atoms with van der Waals surface area (Å²) < 4.78 is 0. The van der Waals surface area contributed by atoms with Crippen molar-refractivity contribution in [3.05, 3.63) is 60.0 Å². The number of pyridine rings is 1. The van der Waals surface area contributed by atoms with Crippen LogP contribution in [-0.2, 0) is 4.79 Å². The van der Waals surface area contributed by atoms with Gasteiger partial charge in [0.05, 0.1) is 0 Å². The molecule has 74 valence electrons. The Balaban J connectivity index is 2.33. The van der Waals surface area contributed by atoms with Crippen molar-refractivity contribution in [2.45, 2.75) is 6.42 Å². The third kappa shape index (κ3) is 2.29. The molecule has 0 aromatic carbocycles. The molecule has 1 aliphatic carbocycles. The van der Waals surface area contributed by atoms with Crippen LogP contribution < -0.4 is 0 Å². The molecule has 1 aliphatic rings. The average molecular weight is 197 g/mol. The second-order valence-corrected chi connectivity index (χ2v) is 3.32. The lowest BCUT2D eigenvalue weighted by molar-refractivity contribution is -0.104. The average Bonchev–Trinajstić information content (AvgIpc) is 2.55. The third-order valence-electron chi connectivity index (χ3n) is 2.31. The Hall–Kier alpha value is -1.96. The summed E-state index contributed by atoms with van der Waals surface area (Å²) in [7, 11) is 0. The maximum absolute atomic E-state index is 10.6. The summed E-state index contributed by atoms with van der Waals surface area (Å²) in [5, 5.41) is 0. The van der Waals surface area contributed by atoms with Crippen LogP contribution in [0.25, 0.3) is 5.57 Å². The van der Waals surface area contributed by atoms with Crippen molar-refractivity contribution in [3.8, 4) is 0 Å². The summed E-state index contributed by atoms with van der Waals surface area (Å²) in [5.74, 6) is 0. The van der Waals surface area contributed by atoms with E-state index in [1.165, 1.54) is 5.57 Å². The van der Waals surface area contributed by atoms with Gasteiger partial charge in [0.25, 0.3) is 0 Å². The summed E-state index contributed by atoms with van der Waals surface area (Å²) >= 11 is 0. The molecule has 1 heterocycles. The molecule has 1 aromatic rings. The van der Waals surface area contributed by atoms with Crippen molar-refractivity contribution in [2.75, 3.05) is 0 Å². The highest BCUT2D eigenvalue weighted by molar-refractivity contribution is 5.81. The number of aromatic nitrogens is 1. The van der Waals surface area contributed by atoms with Crippen LogP contribution in [0.5, 0.6) is 0 Å². The van der Waals surface area contributed by atoms with Gasteiger partial charge in [-0.25, -0.2) is 0 Å². The molecule has 0 atom stereocenters. The zero-order valence-corrected chi connectivity index (χ0v) is 8.26. The van der Waals surface area contributed by atoms with Crippen molar-refractivity contribution >= 4 is 11.9 Å². The fourth-order valence-corrected chi connectivity index (χ4v) is 1.50. The van der Waals surface area contributed by atoms with E-state index >= 15 is 0 Å². The Morgan fingerprint density at radius 2 is 2.00 bits per heavy atom. The molecule has 0 N–H and O–H groups in total. The van der Waals surface area contributed by atoms with Crippen LogP contribution in [0.4, 0.5) is 0 Å². The van der Waals surface area contributed by atoms with Gasteiger partial charge < -0.3 is 0 Å². The fourth-order valence-electron chi connectivity index (χ4n) is 1.50. The SMILES string of the molecule is O=CC1=CC=C(c2ccncc2)CC=C1. The van der Waals surface area contributed by atoms with Gasteiger partial charge in [0.15, 0.2) is 0 Å². The summed E-state index contributed by atoms with van der Waals surface area (Å²) in [5.41, 5.74) is 3.06. The predicted octanol–water partition coefficient (Wildman–Crippen LogP) is 2.55. The molecule has 2 nitrogen and oxygen atoms in total. The molecule has 0 unspecified atom stereocenters. The number of rotatable bonds is 2. The molecule has 0 aliphatic heterocycles. The van der Waals surface area contributed by atoms with Gasteiger partial charge in [0.2, 0.25) is 0 Å². The first-order valence-electron chi connectivity index (χ1n) is 4.83. The quantitative estimate of drug-likeness (QED) is 0.682. The summed E-state index contributed by atoms with van der Waals surface area (Å²) in [6, 6.07) is 3.94. The Morgan fingerprint density at radius 3 is 2.73 bits per heavy atom. The molecule has 1 aromatic heterocycles. The highest BCUT2D eigenvalue weighted by Gasteiger charge is 2.01. The van der Waals surface area contributed by atoms with Gasteiger partial charge in [0, 0.05) is 18.0 Å². The monoisotopic (exact) mass is 197 g/mol. The Kier molecular flexibility index (Phi) is 2.88. The van der Waals surface area contributed by atoms with E-state index in [9.17, 15) is 4.79 Å². The van der Waals surface area contributed by atoms with E-state index in [0.29, 0.717) is 5.57 Å². The normalized spacial score (nSPS) is 15.2. The zero-order chi connectivity index (χ0) is 10.5. The lowest BCUT2D eigenvalue weighted by Crippen LogP contribution is -1.82. The maximum atomic E-state index is 10.6. The second-order valence-electron chi connectivity index (χ2n) is 3.32. The minimum Gasteiger partial charge on any atom is -0.298 e. The van der Waals surface area contributed by atoms with Crippen molar-refractivity contribution in [2.24, 2.45) is 0 Å². The van der Waals surface area contributed by atoms with Gasteiger partial charge >= 0.3 is 0 Å². The van der Waals surface area contributed by atoms with Crippen molar-refractivity contribution in [3.63, 3.8) is 0 Å². The van der Waals surface area contributed by atoms with Gasteiger partial charge in [0.1, 0.15) is 6.29 Å². The van der Waals surface area contributed by atoms with Crippen LogP contribution >= 0.6 is 0 Å². The number of nitrogens with zero attached hydrogens (tertiary/aromatic N) is 1. The number of allylic oxidation sites excluding steroid dienone is 6. The van der Waals surface area contributed by atoms with Crippen LogP contribution in [0.1, 0.15) is 12.0 Å². The minimum atomic E-state index is 0.707. The predicted molar refractivity (Wildman–Crippen MR) is 60.1 cm³/mol. The maximum Gasteiger partial charge on any atom is 0.150 e. The Bertz CT molecular complexity index is 441. The molecule has 2 rings (SSSR count). The fraction of sp³-hybridized carbons (Fsp3) is 0.0769. The number of carbonyl (C=O) groups excluding carboxylic acids is 1. The molecule has 0 radical (unpaired) electrons. The lowest BCUT2D eigenvalue weighted by Gasteiger charge is -2.01. The van der Waals surface area contributed by atoms with Crippen LogP contribution in [0.2, 0.25) is 0 Å². The highest BCUT2D eigenvalue weighted by Crippen LogP contribution is 2.20. The molecular weight excluding hydrogens is 186 g/mol. The van der Waals surface area contributed by atoms with Gasteiger partial charge in [-0.15, -0.1) is 0 Å². The highest BCUT2D eigenvalue weighted by atomic mass is 16.1. The lowest BCUT2D eigenvalue weighted by atomic mass is 10.0. The second kappa shape index (κ2) is 4.51. The first-order chi connectivity index (χ1) is 7.40. The van der Waals surface area contributed by atoms with Gasteiger partial charge in [-0.3, -0.25) is 9.78 Å². The molecule has 15 heavy (non-hydrogen) atoms. The number of hydrogen-bond donors (Lipinski definition) is 0.